The lowest BCUT2D eigenvalue weighted by atomic mass is 10.3. The molecule has 0 aromatic heterocycles. The summed E-state index contributed by atoms with van der Waals surface area (Å²) in [6, 6.07) is 13.7. The highest BCUT2D eigenvalue weighted by Crippen LogP contribution is 2.23. The van der Waals surface area contributed by atoms with Gasteiger partial charge in [0.15, 0.2) is 0 Å². The van der Waals surface area contributed by atoms with Crippen LogP contribution in [0.2, 0.25) is 0 Å². The third kappa shape index (κ3) is 3.90. The number of hydrogen-bond donors (Lipinski definition) is 2. The van der Waals surface area contributed by atoms with Gasteiger partial charge >= 0.3 is 0 Å². The van der Waals surface area contributed by atoms with E-state index in [-0.39, 0.29) is 15.8 Å². The fraction of sp³-hybridized carbons (Fsp3) is 0.200. The highest BCUT2D eigenvalue weighted by atomic mass is 32.2. The van der Waals surface area contributed by atoms with Gasteiger partial charge in [-0.2, -0.15) is 0 Å². The van der Waals surface area contributed by atoms with Crippen molar-refractivity contribution in [1.29, 1.82) is 0 Å². The molecule has 0 radical (unpaired) electrons. The normalized spacial score (nSPS) is 15.3. The molecule has 0 bridgehead atoms. The van der Waals surface area contributed by atoms with E-state index < -0.39 is 20.0 Å². The minimum absolute atomic E-state index is 0.00292. The summed E-state index contributed by atoms with van der Waals surface area (Å²) in [6.45, 7) is 0. The Kier molecular flexibility index (Phi) is 4.13. The first-order valence-electron chi connectivity index (χ1n) is 7.07. The molecule has 1 saturated carbocycles. The summed E-state index contributed by atoms with van der Waals surface area (Å²) in [7, 11) is -7.33. The lowest BCUT2D eigenvalue weighted by molar-refractivity contribution is 0.580. The fourth-order valence-electron chi connectivity index (χ4n) is 2.01. The van der Waals surface area contributed by atoms with Crippen LogP contribution in [-0.4, -0.2) is 22.9 Å². The number of hydrogen-bond acceptors (Lipinski definition) is 4. The maximum Gasteiger partial charge on any atom is 0.261 e. The number of para-hydroxylation sites is 1. The molecular formula is C15H16N2O4S2. The first kappa shape index (κ1) is 16.0. The molecule has 8 heteroatoms. The van der Waals surface area contributed by atoms with Gasteiger partial charge < -0.3 is 0 Å². The molecule has 2 N–H and O–H groups in total. The number of nitrogens with one attached hydrogen (secondary N) is 2. The van der Waals surface area contributed by atoms with Gasteiger partial charge in [-0.1, -0.05) is 18.2 Å². The van der Waals surface area contributed by atoms with E-state index in [0.29, 0.717) is 5.69 Å². The van der Waals surface area contributed by atoms with Crippen LogP contribution in [0.1, 0.15) is 12.8 Å². The van der Waals surface area contributed by atoms with Gasteiger partial charge in [0.05, 0.1) is 9.79 Å². The van der Waals surface area contributed by atoms with E-state index in [9.17, 15) is 16.8 Å². The van der Waals surface area contributed by atoms with Crippen LogP contribution in [0.3, 0.4) is 0 Å². The third-order valence-electron chi connectivity index (χ3n) is 3.37. The number of sulfonamides is 2. The number of anilines is 1. The zero-order chi connectivity index (χ0) is 16.5. The minimum atomic E-state index is -3.75. The predicted molar refractivity (Wildman–Crippen MR) is 87.0 cm³/mol. The summed E-state index contributed by atoms with van der Waals surface area (Å²) < 4.78 is 53.7. The zero-order valence-corrected chi connectivity index (χ0v) is 13.8. The van der Waals surface area contributed by atoms with E-state index in [2.05, 4.69) is 9.44 Å². The largest absolute Gasteiger partial charge is 0.280 e. The highest BCUT2D eigenvalue weighted by molar-refractivity contribution is 7.92. The van der Waals surface area contributed by atoms with Gasteiger partial charge in [-0.15, -0.1) is 0 Å². The zero-order valence-electron chi connectivity index (χ0n) is 12.1. The average Bonchev–Trinajstić information content (AvgIpc) is 3.31. The Balaban J connectivity index is 1.81. The maximum atomic E-state index is 12.3. The standard InChI is InChI=1S/C15H16N2O4S2/c18-22(19,16-12-4-2-1-3-5-12)14-8-10-15(11-9-14)23(20,21)17-13-6-7-13/h1-5,8-11,13,16-17H,6-7H2. The summed E-state index contributed by atoms with van der Waals surface area (Å²) in [5.74, 6) is 0. The van der Waals surface area contributed by atoms with E-state index in [1.165, 1.54) is 24.3 Å². The molecule has 2 aromatic rings. The lowest BCUT2D eigenvalue weighted by Gasteiger charge is -2.09. The molecule has 1 fully saturated rings. The Bertz CT molecular complexity index is 888. The second-order valence-electron chi connectivity index (χ2n) is 5.34. The van der Waals surface area contributed by atoms with E-state index >= 15 is 0 Å². The maximum absolute atomic E-state index is 12.3. The molecule has 122 valence electrons. The smallest absolute Gasteiger partial charge is 0.261 e. The molecule has 0 spiro atoms. The Hall–Kier alpha value is -1.90. The molecule has 0 heterocycles. The Morgan fingerprint density at radius 1 is 0.739 bits per heavy atom. The van der Waals surface area contributed by atoms with E-state index in [0.717, 1.165) is 12.8 Å². The van der Waals surface area contributed by atoms with Gasteiger partial charge in [0.2, 0.25) is 10.0 Å². The first-order valence-corrected chi connectivity index (χ1v) is 10.0. The second-order valence-corrected chi connectivity index (χ2v) is 8.73. The summed E-state index contributed by atoms with van der Waals surface area (Å²) >= 11 is 0. The molecule has 2 aromatic carbocycles. The topological polar surface area (TPSA) is 92.3 Å². The highest BCUT2D eigenvalue weighted by Gasteiger charge is 2.28. The molecule has 0 aliphatic heterocycles. The van der Waals surface area contributed by atoms with Crippen LogP contribution in [0.5, 0.6) is 0 Å². The quantitative estimate of drug-likeness (QED) is 0.831. The van der Waals surface area contributed by atoms with E-state index in [1.807, 2.05) is 0 Å². The molecular weight excluding hydrogens is 336 g/mol. The molecule has 0 atom stereocenters. The minimum Gasteiger partial charge on any atom is -0.280 e. The SMILES string of the molecule is O=S(=O)(Nc1ccccc1)c1ccc(S(=O)(=O)NC2CC2)cc1. The van der Waals surface area contributed by atoms with Crippen LogP contribution >= 0.6 is 0 Å². The van der Waals surface area contributed by atoms with Crippen molar-refractivity contribution in [3.63, 3.8) is 0 Å². The summed E-state index contributed by atoms with van der Waals surface area (Å²) in [5.41, 5.74) is 0.444. The molecule has 3 rings (SSSR count). The monoisotopic (exact) mass is 352 g/mol. The van der Waals surface area contributed by atoms with Crippen molar-refractivity contribution in [2.24, 2.45) is 0 Å². The molecule has 0 saturated heterocycles. The van der Waals surface area contributed by atoms with Gasteiger partial charge in [0.1, 0.15) is 0 Å². The lowest BCUT2D eigenvalue weighted by Crippen LogP contribution is -2.25. The Labute approximate surface area is 135 Å². The Morgan fingerprint density at radius 3 is 1.78 bits per heavy atom. The number of rotatable bonds is 6. The van der Waals surface area contributed by atoms with Crippen molar-refractivity contribution >= 4 is 25.7 Å². The fourth-order valence-corrected chi connectivity index (χ4v) is 4.37. The van der Waals surface area contributed by atoms with Gasteiger partial charge in [-0.05, 0) is 49.2 Å². The van der Waals surface area contributed by atoms with Gasteiger partial charge in [-0.3, -0.25) is 4.72 Å². The van der Waals surface area contributed by atoms with Crippen molar-refractivity contribution in [3.8, 4) is 0 Å². The van der Waals surface area contributed by atoms with Crippen molar-refractivity contribution < 1.29 is 16.8 Å². The molecule has 1 aliphatic rings. The van der Waals surface area contributed by atoms with Crippen LogP contribution < -0.4 is 9.44 Å². The van der Waals surface area contributed by atoms with Crippen LogP contribution in [0.25, 0.3) is 0 Å². The summed E-state index contributed by atoms with van der Waals surface area (Å²) in [4.78, 5) is 0.0646. The van der Waals surface area contributed by atoms with Crippen molar-refractivity contribution in [3.05, 3.63) is 54.6 Å². The molecule has 6 nitrogen and oxygen atoms in total. The summed E-state index contributed by atoms with van der Waals surface area (Å²) in [6.07, 6.45) is 1.68. The predicted octanol–water partition coefficient (Wildman–Crippen LogP) is 1.93. The summed E-state index contributed by atoms with van der Waals surface area (Å²) in [5, 5.41) is 0. The molecule has 0 amide bonds. The van der Waals surface area contributed by atoms with Crippen molar-refractivity contribution in [2.45, 2.75) is 28.7 Å². The third-order valence-corrected chi connectivity index (χ3v) is 6.30. The number of benzene rings is 2. The van der Waals surface area contributed by atoms with Crippen LogP contribution in [0, 0.1) is 0 Å². The average molecular weight is 352 g/mol. The molecule has 1 aliphatic carbocycles. The van der Waals surface area contributed by atoms with Crippen molar-refractivity contribution in [1.82, 2.24) is 4.72 Å². The van der Waals surface area contributed by atoms with Crippen molar-refractivity contribution in [2.75, 3.05) is 4.72 Å². The van der Waals surface area contributed by atoms with Gasteiger partial charge in [0, 0.05) is 11.7 Å². The van der Waals surface area contributed by atoms with Crippen LogP contribution in [0.4, 0.5) is 5.69 Å². The van der Waals surface area contributed by atoms with E-state index in [4.69, 9.17) is 0 Å². The molecule has 23 heavy (non-hydrogen) atoms. The van der Waals surface area contributed by atoms with Gasteiger partial charge in [-0.25, -0.2) is 21.6 Å². The molecule has 0 unspecified atom stereocenters. The van der Waals surface area contributed by atoms with E-state index in [1.54, 1.807) is 30.3 Å². The Morgan fingerprint density at radius 2 is 1.26 bits per heavy atom. The van der Waals surface area contributed by atoms with Crippen LogP contribution in [-0.2, 0) is 20.0 Å². The van der Waals surface area contributed by atoms with Gasteiger partial charge in [0.25, 0.3) is 10.0 Å². The first-order chi connectivity index (χ1) is 10.9. The van der Waals surface area contributed by atoms with Crippen LogP contribution in [0.15, 0.2) is 64.4 Å². The second kappa shape index (κ2) is 5.95.